The van der Waals surface area contributed by atoms with Crippen molar-refractivity contribution < 1.29 is 17.2 Å². The summed E-state index contributed by atoms with van der Waals surface area (Å²) in [5, 5.41) is 0. The molecule has 3 aromatic rings. The first-order chi connectivity index (χ1) is 15.0. The third-order valence-corrected chi connectivity index (χ3v) is 9.54. The van der Waals surface area contributed by atoms with Crippen LogP contribution in [0.2, 0.25) is 0 Å². The molecule has 0 radical (unpaired) electrons. The van der Waals surface area contributed by atoms with E-state index < -0.39 is 10.0 Å². The average molecular weight is 462 g/mol. The number of sulfonamides is 1. The topological polar surface area (TPSA) is 66.7 Å². The Kier molecular flexibility index (Phi) is 5.58. The van der Waals surface area contributed by atoms with E-state index >= 15 is 0 Å². The van der Waals surface area contributed by atoms with Crippen molar-refractivity contribution in [2.75, 3.05) is 31.1 Å². The van der Waals surface area contributed by atoms with E-state index in [1.807, 2.05) is 0 Å². The van der Waals surface area contributed by atoms with Crippen LogP contribution in [0, 0.1) is 5.82 Å². The lowest BCUT2D eigenvalue weighted by molar-refractivity contribution is 0.386. The van der Waals surface area contributed by atoms with E-state index in [-0.39, 0.29) is 5.82 Å². The van der Waals surface area contributed by atoms with Gasteiger partial charge in [-0.3, -0.25) is 0 Å². The molecule has 1 aromatic carbocycles. The van der Waals surface area contributed by atoms with Gasteiger partial charge in [-0.05, 0) is 49.2 Å². The summed E-state index contributed by atoms with van der Waals surface area (Å²) in [5.74, 6) is 1.51. The van der Waals surface area contributed by atoms with Crippen molar-refractivity contribution in [2.24, 2.45) is 0 Å². The molecule has 6 nitrogen and oxygen atoms in total. The number of piperazine rings is 1. The molecule has 0 atom stereocenters. The van der Waals surface area contributed by atoms with Gasteiger partial charge in [0.25, 0.3) is 10.0 Å². The van der Waals surface area contributed by atoms with Crippen molar-refractivity contribution in [3.63, 3.8) is 0 Å². The Morgan fingerprint density at radius 2 is 1.71 bits per heavy atom. The van der Waals surface area contributed by atoms with Gasteiger partial charge in [-0.15, -0.1) is 11.3 Å². The zero-order valence-corrected chi connectivity index (χ0v) is 18.7. The van der Waals surface area contributed by atoms with Crippen LogP contribution in [0.15, 0.2) is 51.2 Å². The maximum absolute atomic E-state index is 13.2. The summed E-state index contributed by atoms with van der Waals surface area (Å²) in [5.41, 5.74) is 0.903. The van der Waals surface area contributed by atoms with Gasteiger partial charge < -0.3 is 9.32 Å². The first-order valence-corrected chi connectivity index (χ1v) is 12.8. The third kappa shape index (κ3) is 4.14. The highest BCUT2D eigenvalue weighted by molar-refractivity contribution is 7.91. The zero-order valence-electron chi connectivity index (χ0n) is 17.0. The summed E-state index contributed by atoms with van der Waals surface area (Å²) in [6.07, 6.45) is 6.33. The molecule has 2 aromatic heterocycles. The van der Waals surface area contributed by atoms with Gasteiger partial charge in [0.2, 0.25) is 0 Å². The number of oxazole rings is 1. The predicted octanol–water partition coefficient (Wildman–Crippen LogP) is 4.71. The highest BCUT2D eigenvalue weighted by Gasteiger charge is 2.30. The predicted molar refractivity (Wildman–Crippen MR) is 118 cm³/mol. The van der Waals surface area contributed by atoms with Crippen LogP contribution in [0.25, 0.3) is 10.6 Å². The largest absolute Gasteiger partial charge is 0.440 e. The lowest BCUT2D eigenvalue weighted by Crippen LogP contribution is -2.48. The van der Waals surface area contributed by atoms with Crippen molar-refractivity contribution in [1.82, 2.24) is 9.29 Å². The van der Waals surface area contributed by atoms with E-state index in [1.165, 1.54) is 40.6 Å². The number of hydrogen-bond donors (Lipinski definition) is 0. The number of anilines is 1. The van der Waals surface area contributed by atoms with Crippen molar-refractivity contribution in [3.05, 3.63) is 54.3 Å². The molecule has 1 saturated heterocycles. The van der Waals surface area contributed by atoms with Crippen LogP contribution in [0.4, 0.5) is 10.1 Å². The minimum absolute atomic E-state index is 0.277. The molecule has 31 heavy (non-hydrogen) atoms. The van der Waals surface area contributed by atoms with E-state index in [1.54, 1.807) is 30.5 Å². The number of benzene rings is 1. The lowest BCUT2D eigenvalue weighted by Gasteiger charge is -2.35. The molecule has 1 aliphatic carbocycles. The van der Waals surface area contributed by atoms with E-state index in [4.69, 9.17) is 4.42 Å². The molecule has 0 N–H and O–H groups in total. The smallest absolute Gasteiger partial charge is 0.252 e. The Morgan fingerprint density at radius 3 is 2.42 bits per heavy atom. The fourth-order valence-corrected chi connectivity index (χ4v) is 7.15. The van der Waals surface area contributed by atoms with Gasteiger partial charge >= 0.3 is 0 Å². The number of hydrogen-bond acceptors (Lipinski definition) is 6. The second kappa shape index (κ2) is 8.37. The second-order valence-corrected chi connectivity index (χ2v) is 11.3. The van der Waals surface area contributed by atoms with Crippen LogP contribution in [-0.2, 0) is 10.0 Å². The van der Waals surface area contributed by atoms with E-state index in [0.717, 1.165) is 29.3 Å². The summed E-state index contributed by atoms with van der Waals surface area (Å²) >= 11 is 1.22. The van der Waals surface area contributed by atoms with Gasteiger partial charge in [0, 0.05) is 37.8 Å². The Labute approximate surface area is 185 Å². The molecule has 164 valence electrons. The van der Waals surface area contributed by atoms with E-state index in [2.05, 4.69) is 9.88 Å². The summed E-state index contributed by atoms with van der Waals surface area (Å²) < 4.78 is 47.3. The summed E-state index contributed by atoms with van der Waals surface area (Å²) in [6.45, 7) is 1.91. The lowest BCUT2D eigenvalue weighted by atomic mass is 10.1. The number of rotatable bonds is 5. The molecule has 2 aliphatic rings. The Bertz CT molecular complexity index is 1140. The van der Waals surface area contributed by atoms with Gasteiger partial charge in [0.1, 0.15) is 10.0 Å². The van der Waals surface area contributed by atoms with Gasteiger partial charge in [-0.1, -0.05) is 12.8 Å². The standard InChI is InChI=1S/C22H24FN3O3S2/c23-17-5-7-18(8-6-17)25-11-13-26(14-12-25)31(27,28)21-10-9-20(30-21)19-15-24-22(29-19)16-3-1-2-4-16/h5-10,15-16H,1-4,11-14H2. The second-order valence-electron chi connectivity index (χ2n) is 8.03. The van der Waals surface area contributed by atoms with Crippen LogP contribution in [-0.4, -0.2) is 43.9 Å². The first kappa shape index (κ1) is 20.7. The zero-order chi connectivity index (χ0) is 21.4. The van der Waals surface area contributed by atoms with Crippen molar-refractivity contribution in [3.8, 4) is 10.6 Å². The highest BCUT2D eigenvalue weighted by Crippen LogP contribution is 2.37. The number of aromatic nitrogens is 1. The van der Waals surface area contributed by atoms with Gasteiger partial charge in [-0.2, -0.15) is 4.31 Å². The maximum Gasteiger partial charge on any atom is 0.252 e. The Hall–Kier alpha value is -2.23. The summed E-state index contributed by atoms with van der Waals surface area (Å²) in [7, 11) is -3.57. The normalized spacial score (nSPS) is 18.7. The number of nitrogens with zero attached hydrogens (tertiary/aromatic N) is 3. The van der Waals surface area contributed by atoms with Crippen molar-refractivity contribution >= 4 is 27.0 Å². The molecule has 0 spiro atoms. The molecular formula is C22H24FN3O3S2. The quantitative estimate of drug-likeness (QED) is 0.551. The van der Waals surface area contributed by atoms with Crippen LogP contribution in [0.1, 0.15) is 37.5 Å². The fraction of sp³-hybridized carbons (Fsp3) is 0.409. The van der Waals surface area contributed by atoms with Crippen LogP contribution in [0.5, 0.6) is 0 Å². The van der Waals surface area contributed by atoms with Gasteiger partial charge in [0.15, 0.2) is 11.7 Å². The highest BCUT2D eigenvalue weighted by atomic mass is 32.2. The summed E-state index contributed by atoms with van der Waals surface area (Å²) in [4.78, 5) is 7.28. The van der Waals surface area contributed by atoms with Crippen LogP contribution in [0.3, 0.4) is 0 Å². The molecule has 5 rings (SSSR count). The number of halogens is 1. The van der Waals surface area contributed by atoms with E-state index in [9.17, 15) is 12.8 Å². The molecule has 0 amide bonds. The first-order valence-electron chi connectivity index (χ1n) is 10.6. The molecule has 0 unspecified atom stereocenters. The molecular weight excluding hydrogens is 437 g/mol. The van der Waals surface area contributed by atoms with Gasteiger partial charge in [-0.25, -0.2) is 17.8 Å². The maximum atomic E-state index is 13.2. The number of thiophene rings is 1. The Morgan fingerprint density at radius 1 is 1.00 bits per heavy atom. The van der Waals surface area contributed by atoms with Crippen molar-refractivity contribution in [1.29, 1.82) is 0 Å². The SMILES string of the molecule is O=S(=O)(c1ccc(-c2cnc(C3CCCC3)o2)s1)N1CCN(c2ccc(F)cc2)CC1. The van der Waals surface area contributed by atoms with Crippen LogP contribution < -0.4 is 4.90 Å². The molecule has 1 aliphatic heterocycles. The molecule has 3 heterocycles. The summed E-state index contributed by atoms with van der Waals surface area (Å²) in [6, 6.07) is 9.75. The molecule has 1 saturated carbocycles. The average Bonchev–Trinajstić information content (AvgIpc) is 3.55. The van der Waals surface area contributed by atoms with Crippen molar-refractivity contribution in [2.45, 2.75) is 35.8 Å². The molecule has 9 heteroatoms. The van der Waals surface area contributed by atoms with Gasteiger partial charge in [0.05, 0.1) is 11.1 Å². The van der Waals surface area contributed by atoms with E-state index in [0.29, 0.717) is 42.1 Å². The fourth-order valence-electron chi connectivity index (χ4n) is 4.32. The minimum Gasteiger partial charge on any atom is -0.440 e. The molecule has 2 fully saturated rings. The third-order valence-electron chi connectivity index (χ3n) is 6.08. The molecule has 0 bridgehead atoms. The van der Waals surface area contributed by atoms with Crippen LogP contribution >= 0.6 is 11.3 Å². The minimum atomic E-state index is -3.57. The Balaban J connectivity index is 1.27. The monoisotopic (exact) mass is 461 g/mol.